The molecule has 0 aliphatic carbocycles. The van der Waals surface area contributed by atoms with E-state index in [0.29, 0.717) is 17.5 Å². The number of hydrogen-bond acceptors (Lipinski definition) is 6. The van der Waals surface area contributed by atoms with E-state index < -0.39 is 0 Å². The number of hydrogen-bond donors (Lipinski definition) is 1. The highest BCUT2D eigenvalue weighted by molar-refractivity contribution is 7.98. The predicted octanol–water partition coefficient (Wildman–Crippen LogP) is 3.42. The van der Waals surface area contributed by atoms with Gasteiger partial charge in [0.05, 0.1) is 11.8 Å². The van der Waals surface area contributed by atoms with E-state index in [1.165, 1.54) is 10.5 Å². The first-order chi connectivity index (χ1) is 9.69. The summed E-state index contributed by atoms with van der Waals surface area (Å²) < 4.78 is 5.23. The number of rotatable bonds is 7. The van der Waals surface area contributed by atoms with Gasteiger partial charge in [-0.15, -0.1) is 11.8 Å². The molecule has 2 aromatic rings. The fourth-order valence-electron chi connectivity index (χ4n) is 1.70. The maximum absolute atomic E-state index is 6.01. The minimum atomic E-state index is -0.160. The second kappa shape index (κ2) is 7.71. The van der Waals surface area contributed by atoms with E-state index in [1.807, 2.05) is 0 Å². The molecular formula is C14H19N3OS2. The van der Waals surface area contributed by atoms with Crippen LogP contribution in [-0.2, 0) is 5.75 Å². The molecule has 4 nitrogen and oxygen atoms in total. The third-order valence-corrected chi connectivity index (χ3v) is 4.43. The standard InChI is InChI=1S/C14H19N3OS2/c1-10-4-3-5-11(8-10)20-9-13-16-14(18-17-13)12(15)6-7-19-2/h3-5,8,12H,6-7,9,15H2,1-2H3. The third-order valence-electron chi connectivity index (χ3n) is 2.79. The molecule has 0 bridgehead atoms. The molecule has 1 aromatic carbocycles. The molecule has 1 unspecified atom stereocenters. The first-order valence-electron chi connectivity index (χ1n) is 6.45. The van der Waals surface area contributed by atoms with E-state index in [4.69, 9.17) is 10.3 Å². The Morgan fingerprint density at radius 2 is 2.25 bits per heavy atom. The van der Waals surface area contributed by atoms with Crippen molar-refractivity contribution in [1.29, 1.82) is 0 Å². The van der Waals surface area contributed by atoms with E-state index in [2.05, 4.69) is 47.6 Å². The number of aryl methyl sites for hydroxylation is 1. The number of nitrogens with zero attached hydrogens (tertiary/aromatic N) is 2. The second-order valence-corrected chi connectivity index (χ2v) is 6.58. The Labute approximate surface area is 127 Å². The van der Waals surface area contributed by atoms with Crippen LogP contribution < -0.4 is 5.73 Å². The molecule has 0 saturated heterocycles. The summed E-state index contributed by atoms with van der Waals surface area (Å²) in [5.74, 6) is 2.93. The minimum absolute atomic E-state index is 0.160. The molecule has 6 heteroatoms. The Morgan fingerprint density at radius 3 is 3.00 bits per heavy atom. The Hall–Kier alpha value is -0.980. The fraction of sp³-hybridized carbons (Fsp3) is 0.429. The van der Waals surface area contributed by atoms with Gasteiger partial charge in [0.25, 0.3) is 0 Å². The van der Waals surface area contributed by atoms with Crippen LogP contribution in [-0.4, -0.2) is 22.1 Å². The zero-order valence-electron chi connectivity index (χ0n) is 11.7. The van der Waals surface area contributed by atoms with Gasteiger partial charge in [-0.25, -0.2) is 0 Å². The largest absolute Gasteiger partial charge is 0.338 e. The van der Waals surface area contributed by atoms with E-state index >= 15 is 0 Å². The van der Waals surface area contributed by atoms with Crippen molar-refractivity contribution in [3.8, 4) is 0 Å². The van der Waals surface area contributed by atoms with Gasteiger partial charge in [0.15, 0.2) is 5.82 Å². The van der Waals surface area contributed by atoms with Crippen LogP contribution >= 0.6 is 23.5 Å². The van der Waals surface area contributed by atoms with Crippen molar-refractivity contribution >= 4 is 23.5 Å². The normalized spacial score (nSPS) is 12.6. The lowest BCUT2D eigenvalue weighted by Crippen LogP contribution is -2.11. The molecule has 1 heterocycles. The summed E-state index contributed by atoms with van der Waals surface area (Å²) in [5, 5.41) is 3.99. The summed E-state index contributed by atoms with van der Waals surface area (Å²) in [5.41, 5.74) is 7.26. The molecular weight excluding hydrogens is 290 g/mol. The molecule has 0 amide bonds. The summed E-state index contributed by atoms with van der Waals surface area (Å²) in [7, 11) is 0. The molecule has 0 aliphatic heterocycles. The van der Waals surface area contributed by atoms with Crippen LogP contribution in [0.3, 0.4) is 0 Å². The van der Waals surface area contributed by atoms with Crippen molar-refractivity contribution < 1.29 is 4.52 Å². The second-order valence-electron chi connectivity index (χ2n) is 4.54. The van der Waals surface area contributed by atoms with Crippen molar-refractivity contribution in [2.75, 3.05) is 12.0 Å². The molecule has 0 fully saturated rings. The average Bonchev–Trinajstić information content (AvgIpc) is 2.91. The van der Waals surface area contributed by atoms with Gasteiger partial charge >= 0.3 is 0 Å². The zero-order valence-corrected chi connectivity index (χ0v) is 13.3. The third kappa shape index (κ3) is 4.54. The van der Waals surface area contributed by atoms with Crippen LogP contribution in [0.15, 0.2) is 33.7 Å². The lowest BCUT2D eigenvalue weighted by molar-refractivity contribution is 0.350. The molecule has 1 atom stereocenters. The van der Waals surface area contributed by atoms with Crippen molar-refractivity contribution in [3.05, 3.63) is 41.5 Å². The maximum atomic E-state index is 6.01. The quantitative estimate of drug-likeness (QED) is 0.791. The maximum Gasteiger partial charge on any atom is 0.243 e. The summed E-state index contributed by atoms with van der Waals surface area (Å²) in [6.45, 7) is 2.08. The number of benzene rings is 1. The lowest BCUT2D eigenvalue weighted by atomic mass is 10.2. The predicted molar refractivity (Wildman–Crippen MR) is 85.0 cm³/mol. The molecule has 0 spiro atoms. The first-order valence-corrected chi connectivity index (χ1v) is 8.83. The highest BCUT2D eigenvalue weighted by Crippen LogP contribution is 2.23. The lowest BCUT2D eigenvalue weighted by Gasteiger charge is -2.03. The van der Waals surface area contributed by atoms with Gasteiger partial charge in [-0.2, -0.15) is 16.7 Å². The Bertz CT molecular complexity index is 545. The van der Waals surface area contributed by atoms with Gasteiger partial charge in [0, 0.05) is 4.90 Å². The Balaban J connectivity index is 1.89. The Kier molecular flexibility index (Phi) is 5.94. The highest BCUT2D eigenvalue weighted by Gasteiger charge is 2.14. The van der Waals surface area contributed by atoms with Gasteiger partial charge < -0.3 is 10.3 Å². The van der Waals surface area contributed by atoms with Crippen LogP contribution in [0.25, 0.3) is 0 Å². The number of thioether (sulfide) groups is 2. The molecule has 2 N–H and O–H groups in total. The number of aromatic nitrogens is 2. The SMILES string of the molecule is CSCCC(N)c1nc(CSc2cccc(C)c2)no1. The monoisotopic (exact) mass is 309 g/mol. The molecule has 0 saturated carbocycles. The van der Waals surface area contributed by atoms with Crippen LogP contribution in [0.4, 0.5) is 0 Å². The molecule has 1 aromatic heterocycles. The first kappa shape index (κ1) is 15.4. The topological polar surface area (TPSA) is 64.9 Å². The van der Waals surface area contributed by atoms with Gasteiger partial charge in [0.2, 0.25) is 5.89 Å². The van der Waals surface area contributed by atoms with Gasteiger partial charge in [-0.3, -0.25) is 0 Å². The van der Waals surface area contributed by atoms with Crippen LogP contribution in [0.5, 0.6) is 0 Å². The summed E-state index contributed by atoms with van der Waals surface area (Å²) in [4.78, 5) is 5.58. The van der Waals surface area contributed by atoms with E-state index in [0.717, 1.165) is 12.2 Å². The molecule has 108 valence electrons. The average molecular weight is 309 g/mol. The number of nitrogens with two attached hydrogens (primary N) is 1. The van der Waals surface area contributed by atoms with Crippen LogP contribution in [0, 0.1) is 6.92 Å². The van der Waals surface area contributed by atoms with Crippen molar-refractivity contribution in [3.63, 3.8) is 0 Å². The zero-order chi connectivity index (χ0) is 14.4. The summed E-state index contributed by atoms with van der Waals surface area (Å²) in [6, 6.07) is 8.21. The fourth-order valence-corrected chi connectivity index (χ4v) is 3.04. The van der Waals surface area contributed by atoms with E-state index in [1.54, 1.807) is 23.5 Å². The van der Waals surface area contributed by atoms with Crippen molar-refractivity contribution in [1.82, 2.24) is 10.1 Å². The van der Waals surface area contributed by atoms with Crippen LogP contribution in [0.2, 0.25) is 0 Å². The molecule has 0 aliphatic rings. The Morgan fingerprint density at radius 1 is 1.40 bits per heavy atom. The van der Waals surface area contributed by atoms with E-state index in [-0.39, 0.29) is 6.04 Å². The van der Waals surface area contributed by atoms with Crippen molar-refractivity contribution in [2.24, 2.45) is 5.73 Å². The molecule has 2 rings (SSSR count). The van der Waals surface area contributed by atoms with Gasteiger partial charge in [-0.1, -0.05) is 22.9 Å². The van der Waals surface area contributed by atoms with Crippen molar-refractivity contribution in [2.45, 2.75) is 30.0 Å². The highest BCUT2D eigenvalue weighted by atomic mass is 32.2. The molecule has 20 heavy (non-hydrogen) atoms. The summed E-state index contributed by atoms with van der Waals surface area (Å²) >= 11 is 3.47. The molecule has 0 radical (unpaired) electrons. The summed E-state index contributed by atoms with van der Waals surface area (Å²) in [6.07, 6.45) is 2.91. The van der Waals surface area contributed by atoms with Crippen LogP contribution in [0.1, 0.15) is 29.7 Å². The van der Waals surface area contributed by atoms with Gasteiger partial charge in [-0.05, 0) is 37.5 Å². The minimum Gasteiger partial charge on any atom is -0.338 e. The van der Waals surface area contributed by atoms with Gasteiger partial charge in [0.1, 0.15) is 0 Å². The van der Waals surface area contributed by atoms with E-state index in [9.17, 15) is 0 Å². The smallest absolute Gasteiger partial charge is 0.243 e.